The van der Waals surface area contributed by atoms with Gasteiger partial charge in [-0.2, -0.15) is 0 Å². The van der Waals surface area contributed by atoms with Gasteiger partial charge in [0.25, 0.3) is 0 Å². The van der Waals surface area contributed by atoms with Crippen LogP contribution in [0.4, 0.5) is 0 Å². The lowest BCUT2D eigenvalue weighted by Gasteiger charge is -2.16. The van der Waals surface area contributed by atoms with Crippen LogP contribution in [0.3, 0.4) is 0 Å². The Morgan fingerprint density at radius 3 is 2.35 bits per heavy atom. The molecule has 1 fully saturated rings. The van der Waals surface area contributed by atoms with Crippen molar-refractivity contribution in [1.29, 1.82) is 0 Å². The third kappa shape index (κ3) is 3.40. The predicted octanol–water partition coefficient (Wildman–Crippen LogP) is 4.68. The molecule has 2 aromatic carbocycles. The van der Waals surface area contributed by atoms with Gasteiger partial charge in [-0.25, -0.2) is 0 Å². The molecular weight excluding hydrogens is 246 g/mol. The minimum Gasteiger partial charge on any atom is -0.457 e. The van der Waals surface area contributed by atoms with Crippen LogP contribution in [0.25, 0.3) is 0 Å². The molecule has 0 aromatic heterocycles. The van der Waals surface area contributed by atoms with E-state index < -0.39 is 0 Å². The third-order valence-electron chi connectivity index (χ3n) is 3.82. The van der Waals surface area contributed by atoms with E-state index in [1.165, 1.54) is 31.2 Å². The second kappa shape index (κ2) is 6.58. The Hall–Kier alpha value is -1.80. The number of ether oxygens (including phenoxy) is 1. The Morgan fingerprint density at radius 2 is 1.55 bits per heavy atom. The van der Waals surface area contributed by atoms with Gasteiger partial charge in [-0.1, -0.05) is 43.2 Å². The summed E-state index contributed by atoms with van der Waals surface area (Å²) in [7, 11) is 0. The Kier molecular flexibility index (Phi) is 4.34. The summed E-state index contributed by atoms with van der Waals surface area (Å²) < 4.78 is 5.82. The summed E-state index contributed by atoms with van der Waals surface area (Å²) in [4.78, 5) is 0. The monoisotopic (exact) mass is 267 g/mol. The van der Waals surface area contributed by atoms with Gasteiger partial charge in [0, 0.05) is 6.04 Å². The number of hydrogen-bond donors (Lipinski definition) is 1. The molecule has 1 aliphatic heterocycles. The Bertz CT molecular complexity index is 513. The minimum atomic E-state index is 0.503. The van der Waals surface area contributed by atoms with E-state index in [2.05, 4.69) is 29.6 Å². The first-order valence-electron chi connectivity index (χ1n) is 7.48. The van der Waals surface area contributed by atoms with E-state index in [4.69, 9.17) is 4.74 Å². The molecule has 0 aliphatic carbocycles. The molecule has 2 heteroatoms. The Morgan fingerprint density at radius 1 is 0.800 bits per heavy atom. The Balaban J connectivity index is 1.67. The zero-order chi connectivity index (χ0) is 13.6. The zero-order valence-electron chi connectivity index (χ0n) is 11.7. The summed E-state index contributed by atoms with van der Waals surface area (Å²) in [5.74, 6) is 1.78. The fourth-order valence-electron chi connectivity index (χ4n) is 2.71. The van der Waals surface area contributed by atoms with Crippen molar-refractivity contribution in [2.24, 2.45) is 0 Å². The van der Waals surface area contributed by atoms with Crippen LogP contribution in [0.15, 0.2) is 54.6 Å². The lowest BCUT2D eigenvalue weighted by Crippen LogP contribution is -2.20. The number of nitrogens with one attached hydrogen (secondary N) is 1. The molecule has 2 nitrogen and oxygen atoms in total. The van der Waals surface area contributed by atoms with Gasteiger partial charge in [0.05, 0.1) is 0 Å². The summed E-state index contributed by atoms with van der Waals surface area (Å²) >= 11 is 0. The van der Waals surface area contributed by atoms with E-state index >= 15 is 0 Å². The van der Waals surface area contributed by atoms with Gasteiger partial charge in [-0.15, -0.1) is 0 Å². The summed E-state index contributed by atoms with van der Waals surface area (Å²) in [5, 5.41) is 3.63. The molecule has 1 heterocycles. The van der Waals surface area contributed by atoms with Crippen LogP contribution in [0.5, 0.6) is 11.5 Å². The van der Waals surface area contributed by atoms with E-state index in [0.717, 1.165) is 18.0 Å². The molecule has 20 heavy (non-hydrogen) atoms. The maximum atomic E-state index is 5.82. The van der Waals surface area contributed by atoms with Gasteiger partial charge in [0.1, 0.15) is 11.5 Å². The molecule has 0 unspecified atom stereocenters. The highest BCUT2D eigenvalue weighted by molar-refractivity contribution is 5.34. The highest BCUT2D eigenvalue weighted by Gasteiger charge is 2.13. The summed E-state index contributed by atoms with van der Waals surface area (Å²) in [6, 6.07) is 18.9. The van der Waals surface area contributed by atoms with Gasteiger partial charge in [0.15, 0.2) is 0 Å². The molecule has 0 spiro atoms. The molecular formula is C18H21NO. The number of benzene rings is 2. The lowest BCUT2D eigenvalue weighted by atomic mass is 10.0. The molecule has 0 saturated carbocycles. The van der Waals surface area contributed by atoms with E-state index in [0.29, 0.717) is 6.04 Å². The van der Waals surface area contributed by atoms with Crippen molar-refractivity contribution in [2.75, 3.05) is 6.54 Å². The van der Waals surface area contributed by atoms with Crippen molar-refractivity contribution in [3.05, 3.63) is 60.2 Å². The molecule has 2 aromatic rings. The largest absolute Gasteiger partial charge is 0.457 e. The smallest absolute Gasteiger partial charge is 0.127 e. The Labute approximate surface area is 120 Å². The van der Waals surface area contributed by atoms with Crippen molar-refractivity contribution in [2.45, 2.75) is 31.7 Å². The van der Waals surface area contributed by atoms with Gasteiger partial charge in [-0.3, -0.25) is 0 Å². The number of rotatable bonds is 3. The van der Waals surface area contributed by atoms with Gasteiger partial charge >= 0.3 is 0 Å². The summed E-state index contributed by atoms with van der Waals surface area (Å²) in [6.07, 6.45) is 5.20. The third-order valence-corrected chi connectivity index (χ3v) is 3.82. The molecule has 0 amide bonds. The summed E-state index contributed by atoms with van der Waals surface area (Å²) in [5.41, 5.74) is 1.37. The SMILES string of the molecule is c1ccc(Oc2ccc([C@H]3CCCCCN3)cc2)cc1. The average molecular weight is 267 g/mol. The molecule has 104 valence electrons. The van der Waals surface area contributed by atoms with Gasteiger partial charge in [0.2, 0.25) is 0 Å². The minimum absolute atomic E-state index is 0.503. The predicted molar refractivity (Wildman–Crippen MR) is 82.2 cm³/mol. The second-order valence-electron chi connectivity index (χ2n) is 5.34. The lowest BCUT2D eigenvalue weighted by molar-refractivity contribution is 0.481. The second-order valence-corrected chi connectivity index (χ2v) is 5.34. The van der Waals surface area contributed by atoms with Crippen LogP contribution in [0.2, 0.25) is 0 Å². The summed E-state index contributed by atoms with van der Waals surface area (Å²) in [6.45, 7) is 1.13. The number of para-hydroxylation sites is 1. The molecule has 3 rings (SSSR count). The highest BCUT2D eigenvalue weighted by Crippen LogP contribution is 2.26. The normalized spacial score (nSPS) is 19.3. The van der Waals surface area contributed by atoms with Crippen molar-refractivity contribution in [1.82, 2.24) is 5.32 Å². The molecule has 0 bridgehead atoms. The maximum Gasteiger partial charge on any atom is 0.127 e. The molecule has 0 radical (unpaired) electrons. The van der Waals surface area contributed by atoms with Gasteiger partial charge in [-0.05, 0) is 49.2 Å². The van der Waals surface area contributed by atoms with Crippen molar-refractivity contribution in [3.8, 4) is 11.5 Å². The van der Waals surface area contributed by atoms with Crippen molar-refractivity contribution < 1.29 is 4.74 Å². The average Bonchev–Trinajstić information content (AvgIpc) is 2.78. The quantitative estimate of drug-likeness (QED) is 0.871. The molecule has 1 atom stereocenters. The first-order chi connectivity index (χ1) is 9.92. The van der Waals surface area contributed by atoms with Crippen LogP contribution in [-0.4, -0.2) is 6.54 Å². The zero-order valence-corrected chi connectivity index (χ0v) is 11.7. The van der Waals surface area contributed by atoms with E-state index in [1.807, 2.05) is 30.3 Å². The van der Waals surface area contributed by atoms with Crippen LogP contribution in [0.1, 0.15) is 37.3 Å². The van der Waals surface area contributed by atoms with E-state index in [9.17, 15) is 0 Å². The maximum absolute atomic E-state index is 5.82. The fraction of sp³-hybridized carbons (Fsp3) is 0.333. The molecule has 1 saturated heterocycles. The van der Waals surface area contributed by atoms with Crippen LogP contribution in [0, 0.1) is 0 Å². The van der Waals surface area contributed by atoms with Crippen molar-refractivity contribution in [3.63, 3.8) is 0 Å². The number of hydrogen-bond acceptors (Lipinski definition) is 2. The van der Waals surface area contributed by atoms with E-state index in [1.54, 1.807) is 0 Å². The highest BCUT2D eigenvalue weighted by atomic mass is 16.5. The molecule has 1 aliphatic rings. The standard InChI is InChI=1S/C18H21NO/c1-3-7-16(8-4-1)20-17-12-10-15(11-13-17)18-9-5-2-6-14-19-18/h1,3-4,7-8,10-13,18-19H,2,5-6,9,14H2/t18-/m1/s1. The molecule has 1 N–H and O–H groups in total. The van der Waals surface area contributed by atoms with Crippen LogP contribution >= 0.6 is 0 Å². The van der Waals surface area contributed by atoms with Crippen LogP contribution < -0.4 is 10.1 Å². The fourth-order valence-corrected chi connectivity index (χ4v) is 2.71. The van der Waals surface area contributed by atoms with E-state index in [-0.39, 0.29) is 0 Å². The first-order valence-corrected chi connectivity index (χ1v) is 7.48. The first kappa shape index (κ1) is 13.2. The topological polar surface area (TPSA) is 21.3 Å². The van der Waals surface area contributed by atoms with Gasteiger partial charge < -0.3 is 10.1 Å². The van der Waals surface area contributed by atoms with Crippen LogP contribution in [-0.2, 0) is 0 Å². The van der Waals surface area contributed by atoms with Crippen molar-refractivity contribution >= 4 is 0 Å².